The zero-order chi connectivity index (χ0) is 10.9. The Morgan fingerprint density at radius 3 is 2.00 bits per heavy atom. The van der Waals surface area contributed by atoms with Crippen molar-refractivity contribution in [2.45, 2.75) is 6.92 Å². The van der Waals surface area contributed by atoms with Gasteiger partial charge in [-0.15, -0.1) is 0 Å². The molecule has 0 heterocycles. The Bertz CT molecular complexity index is 220. The van der Waals surface area contributed by atoms with E-state index in [0.717, 1.165) is 11.6 Å². The number of hydrogen-bond acceptors (Lipinski definition) is 3. The second-order valence-corrected chi connectivity index (χ2v) is 2.15. The van der Waals surface area contributed by atoms with Gasteiger partial charge in [0.25, 0.3) is 0 Å². The highest BCUT2D eigenvalue weighted by atomic mass is 35.5. The van der Waals surface area contributed by atoms with Crippen LogP contribution >= 0.6 is 11.6 Å². The fourth-order valence-corrected chi connectivity index (χ4v) is 0.336. The van der Waals surface area contributed by atoms with Gasteiger partial charge in [0, 0.05) is 17.2 Å². The molecule has 0 unspecified atom stereocenters. The van der Waals surface area contributed by atoms with Crippen LogP contribution in [0.5, 0.6) is 0 Å². The van der Waals surface area contributed by atoms with Crippen molar-refractivity contribution in [1.82, 2.24) is 0 Å². The number of rotatable bonds is 2. The van der Waals surface area contributed by atoms with Gasteiger partial charge in [-0.1, -0.05) is 18.2 Å². The van der Waals surface area contributed by atoms with Gasteiger partial charge in [-0.05, 0) is 6.92 Å². The van der Waals surface area contributed by atoms with Crippen LogP contribution in [-0.4, -0.2) is 24.2 Å². The van der Waals surface area contributed by atoms with Gasteiger partial charge in [0.1, 0.15) is 0 Å². The lowest BCUT2D eigenvalue weighted by molar-refractivity contribution is -0.136. The maximum absolute atomic E-state index is 10.2. The summed E-state index contributed by atoms with van der Waals surface area (Å²) in [6, 6.07) is 0. The van der Waals surface area contributed by atoms with Crippen LogP contribution in [-0.2, 0) is 14.3 Å². The number of ether oxygens (including phenoxy) is 1. The van der Waals surface area contributed by atoms with E-state index in [1.165, 1.54) is 7.11 Å². The molecule has 1 N–H and O–H groups in total. The van der Waals surface area contributed by atoms with Gasteiger partial charge in [-0.2, -0.15) is 0 Å². The summed E-state index contributed by atoms with van der Waals surface area (Å²) in [4.78, 5) is 19.6. The summed E-state index contributed by atoms with van der Waals surface area (Å²) >= 11 is 4.84. The summed E-state index contributed by atoms with van der Waals surface area (Å²) in [5.74, 6) is -1.37. The first-order valence-electron chi connectivity index (χ1n) is 3.19. The summed E-state index contributed by atoms with van der Waals surface area (Å²) in [6.45, 7) is 4.95. The predicted molar refractivity (Wildman–Crippen MR) is 49.5 cm³/mol. The summed E-state index contributed by atoms with van der Waals surface area (Å²) in [5, 5.41) is 7.74. The van der Waals surface area contributed by atoms with E-state index in [-0.39, 0.29) is 5.97 Å². The molecule has 0 saturated heterocycles. The number of esters is 1. The second-order valence-electron chi connectivity index (χ2n) is 1.90. The molecule has 0 rings (SSSR count). The second kappa shape index (κ2) is 8.80. The Kier molecular flexibility index (Phi) is 9.65. The molecule has 5 heteroatoms. The van der Waals surface area contributed by atoms with E-state index in [4.69, 9.17) is 16.7 Å². The van der Waals surface area contributed by atoms with Crippen LogP contribution in [0.1, 0.15) is 6.92 Å². The highest BCUT2D eigenvalue weighted by molar-refractivity contribution is 6.26. The van der Waals surface area contributed by atoms with Gasteiger partial charge in [0.2, 0.25) is 0 Å². The van der Waals surface area contributed by atoms with Crippen LogP contribution in [0, 0.1) is 0 Å². The molecule has 13 heavy (non-hydrogen) atoms. The maximum atomic E-state index is 10.2. The van der Waals surface area contributed by atoms with Crippen molar-refractivity contribution >= 4 is 23.5 Å². The van der Waals surface area contributed by atoms with Crippen LogP contribution in [0.3, 0.4) is 0 Å². The average Bonchev–Trinajstić information content (AvgIpc) is 2.03. The third kappa shape index (κ3) is 13.7. The van der Waals surface area contributed by atoms with Crippen LogP contribution < -0.4 is 0 Å². The van der Waals surface area contributed by atoms with Gasteiger partial charge in [0.15, 0.2) is 0 Å². The number of halogens is 1. The molecule has 4 nitrogen and oxygen atoms in total. The molecular formula is C8H11ClO4. The lowest BCUT2D eigenvalue weighted by Gasteiger charge is -1.91. The molecule has 0 bridgehead atoms. The minimum Gasteiger partial charge on any atom is -0.478 e. The molecule has 0 radical (unpaired) electrons. The average molecular weight is 207 g/mol. The monoisotopic (exact) mass is 206 g/mol. The van der Waals surface area contributed by atoms with E-state index in [1.54, 1.807) is 6.92 Å². The van der Waals surface area contributed by atoms with Gasteiger partial charge < -0.3 is 9.84 Å². The van der Waals surface area contributed by atoms with Crippen molar-refractivity contribution < 1.29 is 19.4 Å². The molecule has 0 saturated carbocycles. The summed E-state index contributed by atoms with van der Waals surface area (Å²) < 4.78 is 4.27. The molecule has 0 amide bonds. The van der Waals surface area contributed by atoms with Gasteiger partial charge in [-0.3, -0.25) is 0 Å². The van der Waals surface area contributed by atoms with Crippen LogP contribution in [0.4, 0.5) is 0 Å². The summed E-state index contributed by atoms with van der Waals surface area (Å²) in [5.41, 5.74) is 1.38. The number of carboxylic acids is 1. The van der Waals surface area contributed by atoms with E-state index >= 15 is 0 Å². The molecule has 0 aromatic carbocycles. The molecule has 0 atom stereocenters. The van der Waals surface area contributed by atoms with Crippen molar-refractivity contribution in [2.24, 2.45) is 0 Å². The standard InChI is InChI=1S/C5H8O2.C3H3ClO2/c1-4(2)5(6)7-3;4-2-1-3(5)6/h1H2,2-3H3;1-2H,(H,5,6). The molecule has 0 spiro atoms. The first kappa shape index (κ1) is 14.2. The first-order valence-corrected chi connectivity index (χ1v) is 3.62. The highest BCUT2D eigenvalue weighted by Crippen LogP contribution is 1.87. The lowest BCUT2D eigenvalue weighted by Crippen LogP contribution is -1.98. The smallest absolute Gasteiger partial charge is 0.332 e. The van der Waals surface area contributed by atoms with Gasteiger partial charge >= 0.3 is 11.9 Å². The van der Waals surface area contributed by atoms with Crippen molar-refractivity contribution in [3.63, 3.8) is 0 Å². The number of methoxy groups -OCH3 is 1. The minimum absolute atomic E-state index is 0.347. The van der Waals surface area contributed by atoms with E-state index < -0.39 is 5.97 Å². The zero-order valence-electron chi connectivity index (χ0n) is 7.41. The fourth-order valence-electron chi connectivity index (χ4n) is 0.228. The lowest BCUT2D eigenvalue weighted by atomic mass is 10.4. The van der Waals surface area contributed by atoms with Gasteiger partial charge in [0.05, 0.1) is 7.11 Å². The van der Waals surface area contributed by atoms with Crippen molar-refractivity contribution in [3.05, 3.63) is 23.8 Å². The fraction of sp³-hybridized carbons (Fsp3) is 0.250. The molecule has 0 aromatic heterocycles. The Hall–Kier alpha value is -1.29. The zero-order valence-corrected chi connectivity index (χ0v) is 8.17. The van der Waals surface area contributed by atoms with Crippen molar-refractivity contribution in [1.29, 1.82) is 0 Å². The van der Waals surface area contributed by atoms with E-state index in [0.29, 0.717) is 5.57 Å². The maximum Gasteiger partial charge on any atom is 0.332 e. The van der Waals surface area contributed by atoms with E-state index in [1.807, 2.05) is 0 Å². The Morgan fingerprint density at radius 2 is 2.00 bits per heavy atom. The number of aliphatic carboxylic acids is 1. The largest absolute Gasteiger partial charge is 0.478 e. The Labute approximate surface area is 81.5 Å². The molecule has 0 aliphatic heterocycles. The molecule has 0 aliphatic rings. The molecule has 0 fully saturated rings. The predicted octanol–water partition coefficient (Wildman–Crippen LogP) is 1.56. The van der Waals surface area contributed by atoms with Crippen molar-refractivity contribution in [3.8, 4) is 0 Å². The highest BCUT2D eigenvalue weighted by Gasteiger charge is 1.95. The normalized spacial score (nSPS) is 8.54. The van der Waals surface area contributed by atoms with Crippen LogP contribution in [0.15, 0.2) is 23.8 Å². The Morgan fingerprint density at radius 1 is 1.54 bits per heavy atom. The topological polar surface area (TPSA) is 63.6 Å². The van der Waals surface area contributed by atoms with E-state index in [2.05, 4.69) is 11.3 Å². The number of carbonyl (C=O) groups excluding carboxylic acids is 1. The molecule has 74 valence electrons. The number of carboxylic acid groups (broad SMARTS) is 1. The third-order valence-electron chi connectivity index (χ3n) is 0.739. The summed E-state index contributed by atoms with van der Waals surface area (Å²) in [6.07, 6.45) is 0.849. The molecule has 0 aliphatic carbocycles. The summed E-state index contributed by atoms with van der Waals surface area (Å²) in [7, 11) is 1.33. The van der Waals surface area contributed by atoms with Gasteiger partial charge in [-0.25, -0.2) is 9.59 Å². The molecular weight excluding hydrogens is 196 g/mol. The van der Waals surface area contributed by atoms with Crippen molar-refractivity contribution in [2.75, 3.05) is 7.11 Å². The first-order chi connectivity index (χ1) is 5.95. The van der Waals surface area contributed by atoms with Crippen LogP contribution in [0.25, 0.3) is 0 Å². The Balaban J connectivity index is 0. The van der Waals surface area contributed by atoms with Crippen LogP contribution in [0.2, 0.25) is 0 Å². The minimum atomic E-state index is -1.02. The van der Waals surface area contributed by atoms with E-state index in [9.17, 15) is 9.59 Å². The third-order valence-corrected chi connectivity index (χ3v) is 0.865. The quantitative estimate of drug-likeness (QED) is 0.550. The number of hydrogen-bond donors (Lipinski definition) is 1. The SMILES string of the molecule is C=C(C)C(=O)OC.O=C(O)C=CCl. The number of carbonyl (C=O) groups is 2. The molecule has 0 aromatic rings.